The monoisotopic (exact) mass is 275 g/mol. The molecule has 20 heavy (non-hydrogen) atoms. The van der Waals surface area contributed by atoms with E-state index in [0.29, 0.717) is 12.1 Å². The number of nitrogens with zero attached hydrogens (tertiary/aromatic N) is 2. The van der Waals surface area contributed by atoms with Crippen LogP contribution in [0.3, 0.4) is 0 Å². The molecule has 1 N–H and O–H groups in total. The Morgan fingerprint density at radius 3 is 2.80 bits per heavy atom. The summed E-state index contributed by atoms with van der Waals surface area (Å²) >= 11 is 0. The summed E-state index contributed by atoms with van der Waals surface area (Å²) in [4.78, 5) is 13.1. The summed E-state index contributed by atoms with van der Waals surface area (Å²) in [5.41, 5.74) is 2.12. The Balaban J connectivity index is 1.71. The lowest BCUT2D eigenvalue weighted by Crippen LogP contribution is -2.31. The Labute approximate surface area is 119 Å². The van der Waals surface area contributed by atoms with Crippen LogP contribution < -0.4 is 5.32 Å². The molecule has 0 amide bonds. The number of rotatable bonds is 4. The highest BCUT2D eigenvalue weighted by atomic mass is 16.6. The third-order valence-electron chi connectivity index (χ3n) is 4.43. The Bertz CT molecular complexity index is 528. The van der Waals surface area contributed by atoms with Crippen molar-refractivity contribution in [2.75, 3.05) is 11.9 Å². The van der Waals surface area contributed by atoms with Gasteiger partial charge in [-0.3, -0.25) is 15.0 Å². The number of anilines is 1. The normalized spacial score (nSPS) is 26.7. The van der Waals surface area contributed by atoms with Crippen LogP contribution in [0.2, 0.25) is 0 Å². The minimum atomic E-state index is -0.335. The third-order valence-corrected chi connectivity index (χ3v) is 4.43. The van der Waals surface area contributed by atoms with E-state index in [0.717, 1.165) is 30.3 Å². The topological polar surface area (TPSA) is 58.4 Å². The van der Waals surface area contributed by atoms with Crippen LogP contribution in [-0.4, -0.2) is 34.5 Å². The van der Waals surface area contributed by atoms with Crippen LogP contribution in [0.5, 0.6) is 0 Å². The molecule has 1 aliphatic heterocycles. The highest BCUT2D eigenvalue weighted by Crippen LogP contribution is 2.34. The SMILES string of the molecule is Cc1ccc([N+](=O)[O-])cc1NC1CC(C)N(C2CC2)C1. The number of hydrogen-bond donors (Lipinski definition) is 1. The summed E-state index contributed by atoms with van der Waals surface area (Å²) < 4.78 is 0. The molecule has 0 radical (unpaired) electrons. The fraction of sp³-hybridized carbons (Fsp3) is 0.600. The molecule has 1 aromatic carbocycles. The molecule has 0 bridgehead atoms. The predicted molar refractivity (Wildman–Crippen MR) is 79.1 cm³/mol. The van der Waals surface area contributed by atoms with Gasteiger partial charge in [-0.05, 0) is 38.7 Å². The first kappa shape index (κ1) is 13.4. The fourth-order valence-electron chi connectivity index (χ4n) is 3.17. The second-order valence-electron chi connectivity index (χ2n) is 6.11. The number of nitro groups is 1. The first-order valence-corrected chi connectivity index (χ1v) is 7.32. The third kappa shape index (κ3) is 2.63. The molecular weight excluding hydrogens is 254 g/mol. The largest absolute Gasteiger partial charge is 0.381 e. The van der Waals surface area contributed by atoms with Gasteiger partial charge in [0.25, 0.3) is 5.69 Å². The minimum Gasteiger partial charge on any atom is -0.381 e. The molecule has 0 spiro atoms. The number of hydrogen-bond acceptors (Lipinski definition) is 4. The zero-order valence-electron chi connectivity index (χ0n) is 12.0. The van der Waals surface area contributed by atoms with Crippen molar-refractivity contribution in [2.24, 2.45) is 0 Å². The van der Waals surface area contributed by atoms with Crippen LogP contribution in [0.15, 0.2) is 18.2 Å². The van der Waals surface area contributed by atoms with E-state index < -0.39 is 0 Å². The minimum absolute atomic E-state index is 0.156. The summed E-state index contributed by atoms with van der Waals surface area (Å²) in [5, 5.41) is 14.4. The maximum Gasteiger partial charge on any atom is 0.271 e. The van der Waals surface area contributed by atoms with Gasteiger partial charge in [-0.15, -0.1) is 0 Å². The van der Waals surface area contributed by atoms with Crippen molar-refractivity contribution in [3.8, 4) is 0 Å². The molecule has 2 aliphatic rings. The smallest absolute Gasteiger partial charge is 0.271 e. The van der Waals surface area contributed by atoms with Crippen molar-refractivity contribution in [2.45, 2.75) is 51.2 Å². The molecule has 1 aliphatic carbocycles. The first-order valence-electron chi connectivity index (χ1n) is 7.32. The summed E-state index contributed by atoms with van der Waals surface area (Å²) in [6, 6.07) is 6.82. The lowest BCUT2D eigenvalue weighted by molar-refractivity contribution is -0.384. The Morgan fingerprint density at radius 1 is 1.40 bits per heavy atom. The molecule has 3 rings (SSSR count). The van der Waals surface area contributed by atoms with Crippen LogP contribution in [0.25, 0.3) is 0 Å². The number of nitro benzene ring substituents is 1. The van der Waals surface area contributed by atoms with Gasteiger partial charge in [0.1, 0.15) is 0 Å². The molecule has 2 unspecified atom stereocenters. The molecule has 0 aromatic heterocycles. The molecule has 1 saturated heterocycles. The van der Waals surface area contributed by atoms with Gasteiger partial charge in [-0.2, -0.15) is 0 Å². The van der Waals surface area contributed by atoms with E-state index in [1.165, 1.54) is 12.8 Å². The van der Waals surface area contributed by atoms with Crippen molar-refractivity contribution < 1.29 is 4.92 Å². The maximum absolute atomic E-state index is 10.9. The van der Waals surface area contributed by atoms with Gasteiger partial charge in [-0.1, -0.05) is 6.07 Å². The highest BCUT2D eigenvalue weighted by molar-refractivity contribution is 5.57. The van der Waals surface area contributed by atoms with Crippen molar-refractivity contribution in [3.05, 3.63) is 33.9 Å². The fourth-order valence-corrected chi connectivity index (χ4v) is 3.17. The quantitative estimate of drug-likeness (QED) is 0.678. The zero-order chi connectivity index (χ0) is 14.3. The molecule has 1 heterocycles. The highest BCUT2D eigenvalue weighted by Gasteiger charge is 2.38. The Hall–Kier alpha value is -1.62. The van der Waals surface area contributed by atoms with E-state index in [9.17, 15) is 10.1 Å². The van der Waals surface area contributed by atoms with E-state index in [1.54, 1.807) is 12.1 Å². The lowest BCUT2D eigenvalue weighted by Gasteiger charge is -2.20. The van der Waals surface area contributed by atoms with Gasteiger partial charge in [0.2, 0.25) is 0 Å². The molecule has 108 valence electrons. The molecule has 2 fully saturated rings. The Kier molecular flexibility index (Phi) is 3.38. The second kappa shape index (κ2) is 5.05. The second-order valence-corrected chi connectivity index (χ2v) is 6.11. The molecular formula is C15H21N3O2. The van der Waals surface area contributed by atoms with Gasteiger partial charge >= 0.3 is 0 Å². The predicted octanol–water partition coefficient (Wildman–Crippen LogP) is 2.94. The van der Waals surface area contributed by atoms with Crippen LogP contribution in [0.4, 0.5) is 11.4 Å². The summed E-state index contributed by atoms with van der Waals surface area (Å²) in [7, 11) is 0. The van der Waals surface area contributed by atoms with Crippen molar-refractivity contribution in [3.63, 3.8) is 0 Å². The number of non-ortho nitro benzene ring substituents is 1. The van der Waals surface area contributed by atoms with E-state index in [1.807, 2.05) is 13.0 Å². The van der Waals surface area contributed by atoms with Crippen LogP contribution in [0.1, 0.15) is 31.7 Å². The average Bonchev–Trinajstić information content (AvgIpc) is 3.17. The van der Waals surface area contributed by atoms with Crippen LogP contribution in [0, 0.1) is 17.0 Å². The summed E-state index contributed by atoms with van der Waals surface area (Å²) in [6.07, 6.45) is 3.76. The van der Waals surface area contributed by atoms with Crippen molar-refractivity contribution in [1.82, 2.24) is 4.90 Å². The summed E-state index contributed by atoms with van der Waals surface area (Å²) in [6.45, 7) is 5.32. The maximum atomic E-state index is 10.9. The van der Waals surface area contributed by atoms with Gasteiger partial charge in [0, 0.05) is 42.5 Å². The standard InChI is InChI=1S/C15H21N3O2/c1-10-3-4-14(18(19)20)8-15(10)16-12-7-11(2)17(9-12)13-5-6-13/h3-4,8,11-13,16H,5-7,9H2,1-2H3. The van der Waals surface area contributed by atoms with Crippen LogP contribution in [-0.2, 0) is 0 Å². The average molecular weight is 275 g/mol. The van der Waals surface area contributed by atoms with Crippen LogP contribution >= 0.6 is 0 Å². The Morgan fingerprint density at radius 2 is 2.15 bits per heavy atom. The number of likely N-dealkylation sites (tertiary alicyclic amines) is 1. The van der Waals surface area contributed by atoms with Crippen molar-refractivity contribution >= 4 is 11.4 Å². The number of benzene rings is 1. The molecule has 1 aromatic rings. The number of aryl methyl sites for hydroxylation is 1. The van der Waals surface area contributed by atoms with E-state index in [4.69, 9.17) is 0 Å². The van der Waals surface area contributed by atoms with Gasteiger partial charge < -0.3 is 5.32 Å². The van der Waals surface area contributed by atoms with E-state index in [-0.39, 0.29) is 10.6 Å². The summed E-state index contributed by atoms with van der Waals surface area (Å²) in [5.74, 6) is 0. The van der Waals surface area contributed by atoms with Gasteiger partial charge in [-0.25, -0.2) is 0 Å². The van der Waals surface area contributed by atoms with Gasteiger partial charge in [0.05, 0.1) is 4.92 Å². The molecule has 2 atom stereocenters. The zero-order valence-corrected chi connectivity index (χ0v) is 12.0. The first-order chi connectivity index (χ1) is 9.54. The van der Waals surface area contributed by atoms with Gasteiger partial charge in [0.15, 0.2) is 0 Å². The molecule has 5 nitrogen and oxygen atoms in total. The number of nitrogens with one attached hydrogen (secondary N) is 1. The lowest BCUT2D eigenvalue weighted by atomic mass is 10.1. The van der Waals surface area contributed by atoms with Crippen molar-refractivity contribution in [1.29, 1.82) is 0 Å². The van der Waals surface area contributed by atoms with E-state index >= 15 is 0 Å². The molecule has 1 saturated carbocycles. The molecule has 5 heteroatoms. The van der Waals surface area contributed by atoms with E-state index in [2.05, 4.69) is 17.1 Å².